The molecule has 0 atom stereocenters. The Labute approximate surface area is 114 Å². The predicted octanol–water partition coefficient (Wildman–Crippen LogP) is 3.32. The van der Waals surface area contributed by atoms with Crippen molar-refractivity contribution >= 4 is 11.8 Å². The fourth-order valence-corrected chi connectivity index (χ4v) is 3.60. The van der Waals surface area contributed by atoms with Gasteiger partial charge in [-0.05, 0) is 36.8 Å². The molecular formula is C15H20N2S. The van der Waals surface area contributed by atoms with Crippen LogP contribution in [0.25, 0.3) is 0 Å². The average molecular weight is 260 g/mol. The summed E-state index contributed by atoms with van der Waals surface area (Å²) in [6.07, 6.45) is 7.63. The molecule has 3 heteroatoms. The zero-order valence-corrected chi connectivity index (χ0v) is 11.7. The largest absolute Gasteiger partial charge is 0.311 e. The average Bonchev–Trinajstić information content (AvgIpc) is 2.88. The molecular weight excluding hydrogens is 240 g/mol. The van der Waals surface area contributed by atoms with Crippen molar-refractivity contribution in [2.75, 3.05) is 12.8 Å². The lowest BCUT2D eigenvalue weighted by atomic mass is 10.1. The maximum absolute atomic E-state index is 8.87. The molecule has 0 spiro atoms. The second-order valence-electron chi connectivity index (χ2n) is 5.01. The van der Waals surface area contributed by atoms with Crippen molar-refractivity contribution in [1.29, 1.82) is 5.26 Å². The third-order valence-corrected chi connectivity index (χ3v) is 5.20. The van der Waals surface area contributed by atoms with Crippen molar-refractivity contribution in [3.05, 3.63) is 35.4 Å². The number of hydrogen-bond donors (Lipinski definition) is 1. The summed E-state index contributed by atoms with van der Waals surface area (Å²) in [7, 11) is 0. The van der Waals surface area contributed by atoms with Gasteiger partial charge in [-0.15, -0.1) is 0 Å². The summed E-state index contributed by atoms with van der Waals surface area (Å²) in [6.45, 7) is 1.93. The summed E-state index contributed by atoms with van der Waals surface area (Å²) in [5.74, 6) is 0. The molecule has 2 rings (SSSR count). The van der Waals surface area contributed by atoms with Crippen molar-refractivity contribution in [3.63, 3.8) is 0 Å². The molecule has 1 saturated carbocycles. The fourth-order valence-electron chi connectivity index (χ4n) is 2.66. The van der Waals surface area contributed by atoms with E-state index in [1.165, 1.54) is 31.2 Å². The first-order valence-electron chi connectivity index (χ1n) is 6.53. The van der Waals surface area contributed by atoms with Gasteiger partial charge in [-0.25, -0.2) is 0 Å². The smallest absolute Gasteiger partial charge is 0.0991 e. The van der Waals surface area contributed by atoms with Gasteiger partial charge in [-0.1, -0.05) is 25.0 Å². The Morgan fingerprint density at radius 2 is 2.17 bits per heavy atom. The minimum atomic E-state index is 0.451. The highest BCUT2D eigenvalue weighted by Crippen LogP contribution is 2.39. The van der Waals surface area contributed by atoms with Crippen molar-refractivity contribution in [2.24, 2.45) is 0 Å². The minimum absolute atomic E-state index is 0.451. The minimum Gasteiger partial charge on any atom is -0.311 e. The zero-order valence-electron chi connectivity index (χ0n) is 10.9. The predicted molar refractivity (Wildman–Crippen MR) is 77.6 cm³/mol. The van der Waals surface area contributed by atoms with E-state index in [0.717, 1.165) is 18.7 Å². The number of nitrogens with zero attached hydrogens (tertiary/aromatic N) is 1. The van der Waals surface area contributed by atoms with E-state index < -0.39 is 0 Å². The van der Waals surface area contributed by atoms with Crippen LogP contribution in [-0.4, -0.2) is 17.5 Å². The first kappa shape index (κ1) is 13.5. The summed E-state index contributed by atoms with van der Waals surface area (Å²) < 4.78 is 0.451. The van der Waals surface area contributed by atoms with Gasteiger partial charge in [0.25, 0.3) is 0 Å². The lowest BCUT2D eigenvalue weighted by Crippen LogP contribution is -2.34. The number of thioether (sulfide) groups is 1. The first-order chi connectivity index (χ1) is 8.78. The molecule has 2 nitrogen and oxygen atoms in total. The van der Waals surface area contributed by atoms with Crippen LogP contribution in [-0.2, 0) is 6.54 Å². The van der Waals surface area contributed by atoms with Crippen LogP contribution in [0.15, 0.2) is 24.3 Å². The maximum atomic E-state index is 8.87. The van der Waals surface area contributed by atoms with E-state index in [9.17, 15) is 0 Å². The van der Waals surface area contributed by atoms with Crippen molar-refractivity contribution < 1.29 is 0 Å². The SMILES string of the molecule is CSC1(CNCc2cccc(C#N)c2)CCCC1. The summed E-state index contributed by atoms with van der Waals surface area (Å²) in [5, 5.41) is 12.4. The molecule has 1 aromatic carbocycles. The van der Waals surface area contributed by atoms with Crippen LogP contribution in [0.5, 0.6) is 0 Å². The fraction of sp³-hybridized carbons (Fsp3) is 0.533. The molecule has 0 amide bonds. The second kappa shape index (κ2) is 6.26. The Balaban J connectivity index is 1.86. The topological polar surface area (TPSA) is 35.8 Å². The van der Waals surface area contributed by atoms with Crippen LogP contribution in [0.4, 0.5) is 0 Å². The summed E-state index contributed by atoms with van der Waals surface area (Å²) in [6, 6.07) is 10.0. The lowest BCUT2D eigenvalue weighted by Gasteiger charge is -2.27. The second-order valence-corrected chi connectivity index (χ2v) is 6.28. The molecule has 1 aliphatic rings. The number of nitrogens with one attached hydrogen (secondary N) is 1. The molecule has 0 heterocycles. The monoisotopic (exact) mass is 260 g/mol. The van der Waals surface area contributed by atoms with Gasteiger partial charge in [0.15, 0.2) is 0 Å². The van der Waals surface area contributed by atoms with Gasteiger partial charge in [-0.2, -0.15) is 17.0 Å². The standard InChI is InChI=1S/C15H20N2S/c1-18-15(7-2-3-8-15)12-17-11-14-6-4-5-13(9-14)10-16/h4-6,9,17H,2-3,7-8,11-12H2,1H3. The Morgan fingerprint density at radius 3 is 2.83 bits per heavy atom. The molecule has 1 N–H and O–H groups in total. The highest BCUT2D eigenvalue weighted by Gasteiger charge is 2.32. The van der Waals surface area contributed by atoms with E-state index >= 15 is 0 Å². The van der Waals surface area contributed by atoms with E-state index in [4.69, 9.17) is 5.26 Å². The molecule has 0 aromatic heterocycles. The highest BCUT2D eigenvalue weighted by atomic mass is 32.2. The Kier molecular flexibility index (Phi) is 4.68. The molecule has 1 aliphatic carbocycles. The molecule has 0 aliphatic heterocycles. The molecule has 0 saturated heterocycles. The zero-order chi connectivity index (χ0) is 12.8. The van der Waals surface area contributed by atoms with Crippen LogP contribution < -0.4 is 5.32 Å². The number of nitriles is 1. The normalized spacial score (nSPS) is 17.6. The maximum Gasteiger partial charge on any atom is 0.0991 e. The van der Waals surface area contributed by atoms with Crippen LogP contribution in [0, 0.1) is 11.3 Å². The molecule has 1 aromatic rings. The van der Waals surface area contributed by atoms with Gasteiger partial charge in [0.1, 0.15) is 0 Å². The Hall–Kier alpha value is -0.980. The van der Waals surface area contributed by atoms with E-state index in [0.29, 0.717) is 4.75 Å². The highest BCUT2D eigenvalue weighted by molar-refractivity contribution is 8.00. The number of rotatable bonds is 5. The van der Waals surface area contributed by atoms with E-state index in [1.54, 1.807) is 0 Å². The Bertz CT molecular complexity index is 430. The van der Waals surface area contributed by atoms with Gasteiger partial charge >= 0.3 is 0 Å². The van der Waals surface area contributed by atoms with Crippen molar-refractivity contribution in [3.8, 4) is 6.07 Å². The van der Waals surface area contributed by atoms with Gasteiger partial charge in [0.2, 0.25) is 0 Å². The molecule has 1 fully saturated rings. The third-order valence-electron chi connectivity index (χ3n) is 3.78. The molecule has 96 valence electrons. The Morgan fingerprint density at radius 1 is 1.39 bits per heavy atom. The van der Waals surface area contributed by atoms with E-state index in [1.807, 2.05) is 30.0 Å². The summed E-state index contributed by atoms with van der Waals surface area (Å²) in [5.41, 5.74) is 1.94. The molecule has 18 heavy (non-hydrogen) atoms. The van der Waals surface area contributed by atoms with Gasteiger partial charge in [0, 0.05) is 17.8 Å². The van der Waals surface area contributed by atoms with Crippen LogP contribution in [0.2, 0.25) is 0 Å². The number of benzene rings is 1. The first-order valence-corrected chi connectivity index (χ1v) is 7.75. The molecule has 0 bridgehead atoms. The van der Waals surface area contributed by atoms with E-state index in [-0.39, 0.29) is 0 Å². The lowest BCUT2D eigenvalue weighted by molar-refractivity contribution is 0.534. The molecule has 0 radical (unpaired) electrons. The molecule has 0 unspecified atom stereocenters. The number of hydrogen-bond acceptors (Lipinski definition) is 3. The van der Waals surface area contributed by atoms with Gasteiger partial charge < -0.3 is 5.32 Å². The van der Waals surface area contributed by atoms with Crippen molar-refractivity contribution in [1.82, 2.24) is 5.32 Å². The van der Waals surface area contributed by atoms with Crippen LogP contribution in [0.3, 0.4) is 0 Å². The summed E-state index contributed by atoms with van der Waals surface area (Å²) in [4.78, 5) is 0. The van der Waals surface area contributed by atoms with E-state index in [2.05, 4.69) is 23.7 Å². The van der Waals surface area contributed by atoms with Crippen LogP contribution >= 0.6 is 11.8 Å². The van der Waals surface area contributed by atoms with Gasteiger partial charge in [0.05, 0.1) is 11.6 Å². The van der Waals surface area contributed by atoms with Crippen LogP contribution in [0.1, 0.15) is 36.8 Å². The van der Waals surface area contributed by atoms with Crippen molar-refractivity contribution in [2.45, 2.75) is 37.0 Å². The quantitative estimate of drug-likeness (QED) is 0.882. The van der Waals surface area contributed by atoms with Gasteiger partial charge in [-0.3, -0.25) is 0 Å². The third kappa shape index (κ3) is 3.28. The summed E-state index contributed by atoms with van der Waals surface area (Å²) >= 11 is 2.01.